The van der Waals surface area contributed by atoms with Crippen molar-refractivity contribution in [2.24, 2.45) is 14.1 Å². The molecule has 192 valence electrons. The van der Waals surface area contributed by atoms with Gasteiger partial charge in [-0.3, -0.25) is 18.7 Å². The number of benzene rings is 1. The van der Waals surface area contributed by atoms with E-state index in [1.807, 2.05) is 24.3 Å². The van der Waals surface area contributed by atoms with E-state index in [0.717, 1.165) is 52.1 Å². The molecule has 0 bridgehead atoms. The first kappa shape index (κ1) is 25.5. The third-order valence-corrected chi connectivity index (χ3v) is 7.46. The Balaban J connectivity index is 1.57. The number of carbonyl (C=O) groups excluding carboxylic acids is 1. The van der Waals surface area contributed by atoms with Crippen LogP contribution in [0.15, 0.2) is 39.0 Å². The van der Waals surface area contributed by atoms with Gasteiger partial charge in [-0.15, -0.1) is 10.2 Å². The number of nitrogens with one attached hydrogen (secondary N) is 1. The Bertz CT molecular complexity index is 1370. The van der Waals surface area contributed by atoms with Crippen molar-refractivity contribution in [1.82, 2.24) is 23.9 Å². The highest BCUT2D eigenvalue weighted by molar-refractivity contribution is 7.99. The summed E-state index contributed by atoms with van der Waals surface area (Å²) in [5.74, 6) is 0.893. The molecule has 36 heavy (non-hydrogen) atoms. The molecular formula is C24H31N7O4S. The standard InChI is InChI=1S/C24H31N7O4S/c1-29-21(25)20(22(33)30(2)24(29)34)18(32)14-36-23-28-27-19(31(23)16-9-5-4-6-10-16)13-26-15-8-7-11-17(12-15)35-3/h7-8,11-12,16,26H,4-6,9-10,13-14,25H2,1-3H3. The van der Waals surface area contributed by atoms with E-state index in [4.69, 9.17) is 10.5 Å². The van der Waals surface area contributed by atoms with Gasteiger partial charge in [0.05, 0.1) is 19.4 Å². The summed E-state index contributed by atoms with van der Waals surface area (Å²) in [5, 5.41) is 12.8. The molecule has 11 nitrogen and oxygen atoms in total. The lowest BCUT2D eigenvalue weighted by molar-refractivity contribution is 0.102. The van der Waals surface area contributed by atoms with Crippen molar-refractivity contribution in [3.63, 3.8) is 0 Å². The molecule has 0 spiro atoms. The molecule has 1 aliphatic carbocycles. The summed E-state index contributed by atoms with van der Waals surface area (Å²) >= 11 is 1.23. The van der Waals surface area contributed by atoms with E-state index in [1.165, 1.54) is 32.3 Å². The number of nitrogens with zero attached hydrogens (tertiary/aromatic N) is 5. The van der Waals surface area contributed by atoms with Crippen LogP contribution >= 0.6 is 11.8 Å². The fourth-order valence-electron chi connectivity index (χ4n) is 4.47. The molecule has 2 heterocycles. The van der Waals surface area contributed by atoms with Gasteiger partial charge in [-0.1, -0.05) is 37.1 Å². The van der Waals surface area contributed by atoms with Gasteiger partial charge in [0, 0.05) is 31.9 Å². The Morgan fingerprint density at radius 1 is 1.17 bits per heavy atom. The Morgan fingerprint density at radius 3 is 2.64 bits per heavy atom. The predicted octanol–water partition coefficient (Wildman–Crippen LogP) is 2.36. The molecule has 1 saturated carbocycles. The topological polar surface area (TPSA) is 139 Å². The SMILES string of the molecule is COc1cccc(NCc2nnc(SCC(=O)c3c(N)n(C)c(=O)n(C)c3=O)n2C2CCCCC2)c1. The first-order valence-corrected chi connectivity index (χ1v) is 12.8. The molecule has 1 aliphatic rings. The summed E-state index contributed by atoms with van der Waals surface area (Å²) in [7, 11) is 4.39. The maximum atomic E-state index is 13.0. The van der Waals surface area contributed by atoms with Gasteiger partial charge in [-0.05, 0) is 25.0 Å². The molecule has 0 radical (unpaired) electrons. The summed E-state index contributed by atoms with van der Waals surface area (Å²) in [6, 6.07) is 7.90. The number of nitrogens with two attached hydrogens (primary N) is 1. The predicted molar refractivity (Wildman–Crippen MR) is 139 cm³/mol. The third-order valence-electron chi connectivity index (χ3n) is 6.52. The van der Waals surface area contributed by atoms with Crippen LogP contribution in [0.3, 0.4) is 0 Å². The van der Waals surface area contributed by atoms with E-state index < -0.39 is 17.0 Å². The maximum Gasteiger partial charge on any atom is 0.332 e. The van der Waals surface area contributed by atoms with Gasteiger partial charge in [0.15, 0.2) is 16.8 Å². The largest absolute Gasteiger partial charge is 0.497 e. The summed E-state index contributed by atoms with van der Waals surface area (Å²) in [4.78, 5) is 37.7. The van der Waals surface area contributed by atoms with Crippen molar-refractivity contribution in [3.05, 3.63) is 56.5 Å². The van der Waals surface area contributed by atoms with E-state index in [1.54, 1.807) is 7.11 Å². The number of ketones is 1. The van der Waals surface area contributed by atoms with Crippen molar-refractivity contribution in [2.75, 3.05) is 23.9 Å². The lowest BCUT2D eigenvalue weighted by atomic mass is 9.95. The van der Waals surface area contributed by atoms with Crippen molar-refractivity contribution >= 4 is 29.1 Å². The van der Waals surface area contributed by atoms with Gasteiger partial charge in [0.25, 0.3) is 5.56 Å². The van der Waals surface area contributed by atoms with Crippen LogP contribution in [0.2, 0.25) is 0 Å². The zero-order chi connectivity index (χ0) is 25.8. The second kappa shape index (κ2) is 11.0. The molecule has 0 unspecified atom stereocenters. The van der Waals surface area contributed by atoms with Crippen LogP contribution < -0.4 is 27.0 Å². The van der Waals surface area contributed by atoms with Crippen molar-refractivity contribution < 1.29 is 9.53 Å². The maximum absolute atomic E-state index is 13.0. The van der Waals surface area contributed by atoms with E-state index in [-0.39, 0.29) is 23.2 Å². The van der Waals surface area contributed by atoms with Crippen molar-refractivity contribution in [3.8, 4) is 5.75 Å². The number of rotatable bonds is 9. The fraction of sp³-hybridized carbons (Fsp3) is 0.458. The van der Waals surface area contributed by atoms with Gasteiger partial charge in [0.2, 0.25) is 0 Å². The van der Waals surface area contributed by atoms with E-state index in [0.29, 0.717) is 11.7 Å². The summed E-state index contributed by atoms with van der Waals surface area (Å²) in [6.45, 7) is 0.458. The van der Waals surface area contributed by atoms with Crippen LogP contribution in [0.4, 0.5) is 11.5 Å². The van der Waals surface area contributed by atoms with E-state index in [9.17, 15) is 14.4 Å². The Morgan fingerprint density at radius 2 is 1.92 bits per heavy atom. The van der Waals surface area contributed by atoms with Crippen LogP contribution in [0.25, 0.3) is 0 Å². The lowest BCUT2D eigenvalue weighted by Crippen LogP contribution is -2.41. The smallest absolute Gasteiger partial charge is 0.332 e. The normalized spacial score (nSPS) is 14.1. The number of ether oxygens (including phenoxy) is 1. The van der Waals surface area contributed by atoms with E-state index in [2.05, 4.69) is 20.1 Å². The molecule has 1 fully saturated rings. The molecule has 2 aromatic heterocycles. The molecule has 3 aromatic rings. The molecule has 1 aromatic carbocycles. The molecular weight excluding hydrogens is 482 g/mol. The number of Topliss-reactive ketones (excluding diaryl/α,β-unsaturated/α-hetero) is 1. The van der Waals surface area contributed by atoms with Gasteiger partial charge >= 0.3 is 5.69 Å². The minimum Gasteiger partial charge on any atom is -0.497 e. The highest BCUT2D eigenvalue weighted by Crippen LogP contribution is 2.33. The average molecular weight is 514 g/mol. The number of anilines is 2. The molecule has 0 saturated heterocycles. The number of thioether (sulfide) groups is 1. The number of methoxy groups -OCH3 is 1. The van der Waals surface area contributed by atoms with Crippen molar-refractivity contribution in [2.45, 2.75) is 49.8 Å². The first-order valence-electron chi connectivity index (χ1n) is 11.8. The number of aromatic nitrogens is 5. The fourth-order valence-corrected chi connectivity index (χ4v) is 5.37. The third kappa shape index (κ3) is 5.18. The van der Waals surface area contributed by atoms with Gasteiger partial charge in [-0.2, -0.15) is 0 Å². The monoisotopic (exact) mass is 513 g/mol. The lowest BCUT2D eigenvalue weighted by Gasteiger charge is -2.25. The van der Waals surface area contributed by atoms with Gasteiger partial charge in [0.1, 0.15) is 17.1 Å². The molecule has 0 atom stereocenters. The minimum atomic E-state index is -0.696. The Labute approximate surface area is 212 Å². The van der Waals surface area contributed by atoms with Crippen LogP contribution in [0.5, 0.6) is 5.75 Å². The number of nitrogen functional groups attached to an aromatic ring is 1. The number of hydrogen-bond donors (Lipinski definition) is 2. The van der Waals surface area contributed by atoms with Crippen LogP contribution in [0, 0.1) is 0 Å². The summed E-state index contributed by atoms with van der Waals surface area (Å²) < 4.78 is 9.41. The summed E-state index contributed by atoms with van der Waals surface area (Å²) in [5.41, 5.74) is 5.40. The van der Waals surface area contributed by atoms with Gasteiger partial charge < -0.3 is 20.4 Å². The molecule has 0 amide bonds. The van der Waals surface area contributed by atoms with E-state index >= 15 is 0 Å². The summed E-state index contributed by atoms with van der Waals surface area (Å²) in [6.07, 6.45) is 5.48. The second-order valence-corrected chi connectivity index (χ2v) is 9.77. The Kier molecular flexibility index (Phi) is 7.82. The highest BCUT2D eigenvalue weighted by Gasteiger charge is 2.25. The minimum absolute atomic E-state index is 0.0498. The quantitative estimate of drug-likeness (QED) is 0.326. The molecule has 3 N–H and O–H groups in total. The zero-order valence-electron chi connectivity index (χ0n) is 20.7. The second-order valence-electron chi connectivity index (χ2n) is 8.82. The van der Waals surface area contributed by atoms with Crippen LogP contribution in [-0.4, -0.2) is 42.5 Å². The van der Waals surface area contributed by atoms with Crippen molar-refractivity contribution in [1.29, 1.82) is 0 Å². The Hall–Kier alpha value is -3.54. The van der Waals surface area contributed by atoms with Crippen LogP contribution in [0.1, 0.15) is 54.3 Å². The van der Waals surface area contributed by atoms with Gasteiger partial charge in [-0.25, -0.2) is 4.79 Å². The average Bonchev–Trinajstić information content (AvgIpc) is 3.32. The molecule has 12 heteroatoms. The first-order chi connectivity index (χ1) is 17.3. The number of carbonyl (C=O) groups is 1. The number of hydrogen-bond acceptors (Lipinski definition) is 9. The molecule has 0 aliphatic heterocycles. The van der Waals surface area contributed by atoms with Crippen LogP contribution in [-0.2, 0) is 20.6 Å². The highest BCUT2D eigenvalue weighted by atomic mass is 32.2. The molecule has 4 rings (SSSR count). The zero-order valence-corrected chi connectivity index (χ0v) is 21.5.